The summed E-state index contributed by atoms with van der Waals surface area (Å²) < 4.78 is 0. The maximum atomic E-state index is 3.76. The number of aryl methyl sites for hydroxylation is 1. The second kappa shape index (κ2) is 5.26. The molecule has 1 atom stereocenters. The minimum Gasteiger partial charge on any atom is -0.309 e. The largest absolute Gasteiger partial charge is 0.309 e. The number of piperazine rings is 1. The molecule has 0 aromatic heterocycles. The van der Waals surface area contributed by atoms with Crippen LogP contribution in [-0.4, -0.2) is 30.1 Å². The molecule has 0 bridgehead atoms. The minimum absolute atomic E-state index is 0.361. The van der Waals surface area contributed by atoms with Crippen LogP contribution in [0.3, 0.4) is 0 Å². The van der Waals surface area contributed by atoms with Crippen LogP contribution in [0.4, 0.5) is 0 Å². The van der Waals surface area contributed by atoms with Crippen LogP contribution in [0.2, 0.25) is 0 Å². The van der Waals surface area contributed by atoms with Gasteiger partial charge in [0, 0.05) is 31.7 Å². The van der Waals surface area contributed by atoms with Crippen molar-refractivity contribution in [2.75, 3.05) is 19.6 Å². The predicted molar refractivity (Wildman–Crippen MR) is 80.2 cm³/mol. The van der Waals surface area contributed by atoms with Gasteiger partial charge in [-0.3, -0.25) is 4.90 Å². The van der Waals surface area contributed by atoms with Crippen molar-refractivity contribution < 1.29 is 0 Å². The molecule has 2 aliphatic rings. The van der Waals surface area contributed by atoms with E-state index in [1.54, 1.807) is 0 Å². The zero-order valence-corrected chi connectivity index (χ0v) is 12.3. The maximum Gasteiger partial charge on any atom is 0.0309 e. The van der Waals surface area contributed by atoms with Gasteiger partial charge in [0.1, 0.15) is 0 Å². The molecular weight excluding hydrogens is 232 g/mol. The van der Waals surface area contributed by atoms with Crippen molar-refractivity contribution in [1.82, 2.24) is 10.2 Å². The zero-order valence-electron chi connectivity index (χ0n) is 12.3. The molecule has 0 radical (unpaired) electrons. The van der Waals surface area contributed by atoms with Crippen LogP contribution < -0.4 is 5.32 Å². The highest BCUT2D eigenvalue weighted by Crippen LogP contribution is 2.40. The third kappa shape index (κ3) is 2.85. The lowest BCUT2D eigenvalue weighted by Crippen LogP contribution is -2.59. The fourth-order valence-electron chi connectivity index (χ4n) is 3.53. The Morgan fingerprint density at radius 1 is 1.26 bits per heavy atom. The van der Waals surface area contributed by atoms with Gasteiger partial charge in [-0.1, -0.05) is 31.2 Å². The molecule has 104 valence electrons. The minimum atomic E-state index is 0.361. The first-order valence-electron chi connectivity index (χ1n) is 7.75. The van der Waals surface area contributed by atoms with Gasteiger partial charge < -0.3 is 5.32 Å². The first kappa shape index (κ1) is 13.1. The number of hydrogen-bond acceptors (Lipinski definition) is 2. The molecule has 1 aliphatic carbocycles. The standard InChI is InChI=1S/C17H26N2/c1-3-14-6-4-5-7-15(14)12-19-11-10-18-17(2,13-19)16-8-9-16/h4-7,16,18H,3,8-13H2,1-2H3. The van der Waals surface area contributed by atoms with Crippen LogP contribution >= 0.6 is 0 Å². The Bertz CT molecular complexity index is 439. The van der Waals surface area contributed by atoms with Gasteiger partial charge in [0.2, 0.25) is 0 Å². The molecule has 3 rings (SSSR count). The summed E-state index contributed by atoms with van der Waals surface area (Å²) in [4.78, 5) is 2.64. The van der Waals surface area contributed by atoms with E-state index in [0.29, 0.717) is 5.54 Å². The molecule has 1 aromatic carbocycles. The van der Waals surface area contributed by atoms with E-state index in [1.807, 2.05) is 0 Å². The Balaban J connectivity index is 1.69. The van der Waals surface area contributed by atoms with Gasteiger partial charge in [0.05, 0.1) is 0 Å². The van der Waals surface area contributed by atoms with Crippen molar-refractivity contribution in [1.29, 1.82) is 0 Å². The Kier molecular flexibility index (Phi) is 3.64. The maximum absolute atomic E-state index is 3.76. The number of nitrogens with zero attached hydrogens (tertiary/aromatic N) is 1. The third-order valence-electron chi connectivity index (χ3n) is 4.88. The van der Waals surface area contributed by atoms with Gasteiger partial charge in [-0.05, 0) is 43.2 Å². The fourth-order valence-corrected chi connectivity index (χ4v) is 3.53. The first-order valence-corrected chi connectivity index (χ1v) is 7.75. The van der Waals surface area contributed by atoms with E-state index in [-0.39, 0.29) is 0 Å². The molecule has 1 aliphatic heterocycles. The first-order chi connectivity index (χ1) is 9.21. The Morgan fingerprint density at radius 2 is 2.00 bits per heavy atom. The van der Waals surface area contributed by atoms with E-state index in [9.17, 15) is 0 Å². The predicted octanol–water partition coefficient (Wildman–Crippen LogP) is 2.82. The van der Waals surface area contributed by atoms with Crippen molar-refractivity contribution in [3.8, 4) is 0 Å². The zero-order chi connectivity index (χ0) is 13.3. The molecular formula is C17H26N2. The van der Waals surface area contributed by atoms with Crippen LogP contribution in [0.15, 0.2) is 24.3 Å². The van der Waals surface area contributed by atoms with Gasteiger partial charge in [0.15, 0.2) is 0 Å². The molecule has 0 amide bonds. The van der Waals surface area contributed by atoms with E-state index in [0.717, 1.165) is 25.4 Å². The summed E-state index contributed by atoms with van der Waals surface area (Å²) in [7, 11) is 0. The summed E-state index contributed by atoms with van der Waals surface area (Å²) in [6, 6.07) is 8.91. The van der Waals surface area contributed by atoms with Crippen molar-refractivity contribution in [3.05, 3.63) is 35.4 Å². The summed E-state index contributed by atoms with van der Waals surface area (Å²) in [5.74, 6) is 0.914. The van der Waals surface area contributed by atoms with Crippen LogP contribution in [0, 0.1) is 5.92 Å². The van der Waals surface area contributed by atoms with Crippen LogP contribution in [-0.2, 0) is 13.0 Å². The lowest BCUT2D eigenvalue weighted by Gasteiger charge is -2.42. The summed E-state index contributed by atoms with van der Waals surface area (Å²) in [5, 5.41) is 3.76. The Morgan fingerprint density at radius 3 is 2.68 bits per heavy atom. The molecule has 1 unspecified atom stereocenters. The molecule has 1 aromatic rings. The molecule has 1 heterocycles. The molecule has 2 fully saturated rings. The highest BCUT2D eigenvalue weighted by atomic mass is 15.2. The monoisotopic (exact) mass is 258 g/mol. The number of nitrogens with one attached hydrogen (secondary N) is 1. The van der Waals surface area contributed by atoms with E-state index in [2.05, 4.69) is 48.3 Å². The van der Waals surface area contributed by atoms with E-state index < -0.39 is 0 Å². The summed E-state index contributed by atoms with van der Waals surface area (Å²) in [6.07, 6.45) is 3.98. The van der Waals surface area contributed by atoms with Crippen molar-refractivity contribution >= 4 is 0 Å². The quantitative estimate of drug-likeness (QED) is 0.893. The molecule has 1 saturated carbocycles. The third-order valence-corrected chi connectivity index (χ3v) is 4.88. The lowest BCUT2D eigenvalue weighted by atomic mass is 9.92. The molecule has 2 nitrogen and oxygen atoms in total. The summed E-state index contributed by atoms with van der Waals surface area (Å²) in [5.41, 5.74) is 3.39. The van der Waals surface area contributed by atoms with Gasteiger partial charge in [-0.25, -0.2) is 0 Å². The number of benzene rings is 1. The molecule has 0 spiro atoms. The van der Waals surface area contributed by atoms with E-state index >= 15 is 0 Å². The van der Waals surface area contributed by atoms with Gasteiger partial charge in [-0.15, -0.1) is 0 Å². The average molecular weight is 258 g/mol. The highest BCUT2D eigenvalue weighted by Gasteiger charge is 2.43. The second-order valence-electron chi connectivity index (χ2n) is 6.45. The highest BCUT2D eigenvalue weighted by molar-refractivity contribution is 5.27. The topological polar surface area (TPSA) is 15.3 Å². The summed E-state index contributed by atoms with van der Waals surface area (Å²) in [6.45, 7) is 9.32. The average Bonchev–Trinajstić information content (AvgIpc) is 3.24. The lowest BCUT2D eigenvalue weighted by molar-refractivity contribution is 0.121. The molecule has 2 heteroatoms. The molecule has 1 saturated heterocycles. The van der Waals surface area contributed by atoms with E-state index in [4.69, 9.17) is 0 Å². The van der Waals surface area contributed by atoms with Crippen LogP contribution in [0.25, 0.3) is 0 Å². The van der Waals surface area contributed by atoms with Crippen LogP contribution in [0.1, 0.15) is 37.8 Å². The smallest absolute Gasteiger partial charge is 0.0309 e. The van der Waals surface area contributed by atoms with Gasteiger partial charge in [0.25, 0.3) is 0 Å². The van der Waals surface area contributed by atoms with Gasteiger partial charge in [-0.2, -0.15) is 0 Å². The Labute approximate surface area is 117 Å². The summed E-state index contributed by atoms with van der Waals surface area (Å²) >= 11 is 0. The molecule has 19 heavy (non-hydrogen) atoms. The van der Waals surface area contributed by atoms with Crippen molar-refractivity contribution in [3.63, 3.8) is 0 Å². The number of hydrogen-bond donors (Lipinski definition) is 1. The second-order valence-corrected chi connectivity index (χ2v) is 6.45. The normalized spacial score (nSPS) is 28.5. The SMILES string of the molecule is CCc1ccccc1CN1CCNC(C)(C2CC2)C1. The fraction of sp³-hybridized carbons (Fsp3) is 0.647. The van der Waals surface area contributed by atoms with Crippen molar-refractivity contribution in [2.24, 2.45) is 5.92 Å². The molecule has 1 N–H and O–H groups in total. The number of rotatable bonds is 4. The van der Waals surface area contributed by atoms with Gasteiger partial charge >= 0.3 is 0 Å². The van der Waals surface area contributed by atoms with Crippen LogP contribution in [0.5, 0.6) is 0 Å². The van der Waals surface area contributed by atoms with Crippen molar-refractivity contribution in [2.45, 2.75) is 45.2 Å². The Hall–Kier alpha value is -0.860. The van der Waals surface area contributed by atoms with E-state index in [1.165, 1.54) is 37.1 Å².